The molecular formula is C17H21ClN2O. The van der Waals surface area contributed by atoms with Crippen molar-refractivity contribution in [2.75, 3.05) is 17.7 Å². The molecule has 3 nitrogen and oxygen atoms in total. The Bertz CT molecular complexity index is 584. The fourth-order valence-corrected chi connectivity index (χ4v) is 2.22. The van der Waals surface area contributed by atoms with E-state index in [1.807, 2.05) is 42.5 Å². The standard InChI is InChI=1S/C17H21ClN2O/c1-3-8-21-17-10-15(19)9-16(11-17)20-12(2)13-4-6-14(18)7-5-13/h4-7,9-12,20H,3,8,19H2,1-2H3. The predicted molar refractivity (Wildman–Crippen MR) is 90.1 cm³/mol. The third-order valence-electron chi connectivity index (χ3n) is 3.15. The number of nitrogens with one attached hydrogen (secondary N) is 1. The maximum Gasteiger partial charge on any atom is 0.123 e. The number of ether oxygens (including phenoxy) is 1. The van der Waals surface area contributed by atoms with Crippen molar-refractivity contribution in [1.82, 2.24) is 0 Å². The van der Waals surface area contributed by atoms with Gasteiger partial charge in [-0.15, -0.1) is 0 Å². The summed E-state index contributed by atoms with van der Waals surface area (Å²) in [6.45, 7) is 4.86. The molecule has 0 aromatic heterocycles. The van der Waals surface area contributed by atoms with Crippen molar-refractivity contribution in [2.24, 2.45) is 0 Å². The number of nitrogen functional groups attached to an aromatic ring is 1. The summed E-state index contributed by atoms with van der Waals surface area (Å²) in [5.41, 5.74) is 8.73. The number of halogens is 1. The molecule has 0 aliphatic rings. The number of benzene rings is 2. The third kappa shape index (κ3) is 4.57. The van der Waals surface area contributed by atoms with Crippen molar-refractivity contribution >= 4 is 23.0 Å². The smallest absolute Gasteiger partial charge is 0.123 e. The average Bonchev–Trinajstić information content (AvgIpc) is 2.45. The van der Waals surface area contributed by atoms with Gasteiger partial charge < -0.3 is 15.8 Å². The summed E-state index contributed by atoms with van der Waals surface area (Å²) in [7, 11) is 0. The normalized spacial score (nSPS) is 12.0. The van der Waals surface area contributed by atoms with Crippen molar-refractivity contribution in [2.45, 2.75) is 26.3 Å². The summed E-state index contributed by atoms with van der Waals surface area (Å²) in [5.74, 6) is 0.794. The highest BCUT2D eigenvalue weighted by atomic mass is 35.5. The topological polar surface area (TPSA) is 47.3 Å². The van der Waals surface area contributed by atoms with Crippen molar-refractivity contribution < 1.29 is 4.74 Å². The molecule has 0 spiro atoms. The van der Waals surface area contributed by atoms with Crippen LogP contribution in [0, 0.1) is 0 Å². The lowest BCUT2D eigenvalue weighted by molar-refractivity contribution is 0.318. The van der Waals surface area contributed by atoms with Crippen LogP contribution in [0.25, 0.3) is 0 Å². The van der Waals surface area contributed by atoms with E-state index < -0.39 is 0 Å². The van der Waals surface area contributed by atoms with Crippen LogP contribution in [0.3, 0.4) is 0 Å². The first kappa shape index (κ1) is 15.5. The Morgan fingerprint density at radius 2 is 1.90 bits per heavy atom. The lowest BCUT2D eigenvalue weighted by Crippen LogP contribution is -2.07. The second-order valence-electron chi connectivity index (χ2n) is 5.06. The minimum atomic E-state index is 0.156. The zero-order chi connectivity index (χ0) is 15.2. The van der Waals surface area contributed by atoms with Gasteiger partial charge in [0.05, 0.1) is 6.61 Å². The molecule has 21 heavy (non-hydrogen) atoms. The lowest BCUT2D eigenvalue weighted by Gasteiger charge is -2.17. The monoisotopic (exact) mass is 304 g/mol. The summed E-state index contributed by atoms with van der Waals surface area (Å²) in [6.07, 6.45) is 0.971. The first-order chi connectivity index (χ1) is 10.1. The van der Waals surface area contributed by atoms with E-state index in [4.69, 9.17) is 22.1 Å². The molecule has 4 heteroatoms. The first-order valence-corrected chi connectivity index (χ1v) is 7.51. The molecule has 0 heterocycles. The molecule has 0 bridgehead atoms. The third-order valence-corrected chi connectivity index (χ3v) is 3.41. The van der Waals surface area contributed by atoms with Gasteiger partial charge >= 0.3 is 0 Å². The Morgan fingerprint density at radius 1 is 1.19 bits per heavy atom. The van der Waals surface area contributed by atoms with Crippen LogP contribution in [-0.4, -0.2) is 6.61 Å². The molecule has 0 radical (unpaired) electrons. The Labute approximate surface area is 131 Å². The minimum Gasteiger partial charge on any atom is -0.493 e. The molecule has 112 valence electrons. The molecule has 0 saturated heterocycles. The Kier molecular flexibility index (Phi) is 5.34. The largest absolute Gasteiger partial charge is 0.493 e. The van der Waals surface area contributed by atoms with Gasteiger partial charge in [0, 0.05) is 34.6 Å². The second kappa shape index (κ2) is 7.23. The van der Waals surface area contributed by atoms with Gasteiger partial charge in [0.15, 0.2) is 0 Å². The first-order valence-electron chi connectivity index (χ1n) is 7.14. The molecule has 0 saturated carbocycles. The maximum atomic E-state index is 5.93. The van der Waals surface area contributed by atoms with Crippen molar-refractivity contribution in [3.63, 3.8) is 0 Å². The van der Waals surface area contributed by atoms with E-state index in [-0.39, 0.29) is 6.04 Å². The molecule has 0 fully saturated rings. The number of hydrogen-bond acceptors (Lipinski definition) is 3. The van der Waals surface area contributed by atoms with E-state index >= 15 is 0 Å². The average molecular weight is 305 g/mol. The summed E-state index contributed by atoms with van der Waals surface area (Å²) in [6, 6.07) is 13.7. The van der Waals surface area contributed by atoms with E-state index in [0.29, 0.717) is 12.3 Å². The fraction of sp³-hybridized carbons (Fsp3) is 0.294. The predicted octanol–water partition coefficient (Wildman–Crippen LogP) is 4.88. The van der Waals surface area contributed by atoms with Gasteiger partial charge in [-0.05, 0) is 37.1 Å². The molecular weight excluding hydrogens is 284 g/mol. The van der Waals surface area contributed by atoms with Gasteiger partial charge in [-0.2, -0.15) is 0 Å². The van der Waals surface area contributed by atoms with Gasteiger partial charge in [-0.3, -0.25) is 0 Å². The van der Waals surface area contributed by atoms with Crippen LogP contribution in [0.1, 0.15) is 31.9 Å². The minimum absolute atomic E-state index is 0.156. The van der Waals surface area contributed by atoms with Gasteiger partial charge in [0.2, 0.25) is 0 Å². The van der Waals surface area contributed by atoms with Gasteiger partial charge in [-0.25, -0.2) is 0 Å². The molecule has 1 atom stereocenters. The highest BCUT2D eigenvalue weighted by Gasteiger charge is 2.07. The number of rotatable bonds is 6. The van der Waals surface area contributed by atoms with Gasteiger partial charge in [0.25, 0.3) is 0 Å². The molecule has 0 aliphatic carbocycles. The molecule has 2 aromatic carbocycles. The van der Waals surface area contributed by atoms with Crippen LogP contribution < -0.4 is 15.8 Å². The molecule has 2 rings (SSSR count). The van der Waals surface area contributed by atoms with Crippen LogP contribution >= 0.6 is 11.6 Å². The number of hydrogen-bond donors (Lipinski definition) is 2. The van der Waals surface area contributed by atoms with Crippen molar-refractivity contribution in [3.8, 4) is 5.75 Å². The van der Waals surface area contributed by atoms with Crippen LogP contribution in [0.4, 0.5) is 11.4 Å². The quantitative estimate of drug-likeness (QED) is 0.747. The van der Waals surface area contributed by atoms with Gasteiger partial charge in [-0.1, -0.05) is 30.7 Å². The maximum absolute atomic E-state index is 5.93. The summed E-state index contributed by atoms with van der Waals surface area (Å²) in [4.78, 5) is 0. The van der Waals surface area contributed by atoms with Crippen LogP contribution in [-0.2, 0) is 0 Å². The van der Waals surface area contributed by atoms with Crippen LogP contribution in [0.15, 0.2) is 42.5 Å². The molecule has 2 aromatic rings. The van der Waals surface area contributed by atoms with Crippen molar-refractivity contribution in [1.29, 1.82) is 0 Å². The lowest BCUT2D eigenvalue weighted by atomic mass is 10.1. The zero-order valence-corrected chi connectivity index (χ0v) is 13.2. The second-order valence-corrected chi connectivity index (χ2v) is 5.49. The zero-order valence-electron chi connectivity index (χ0n) is 12.4. The van der Waals surface area contributed by atoms with E-state index in [1.54, 1.807) is 0 Å². The van der Waals surface area contributed by atoms with Gasteiger partial charge in [0.1, 0.15) is 5.75 Å². The van der Waals surface area contributed by atoms with E-state index in [2.05, 4.69) is 19.2 Å². The molecule has 3 N–H and O–H groups in total. The van der Waals surface area contributed by atoms with Crippen LogP contribution in [0.5, 0.6) is 5.75 Å². The summed E-state index contributed by atoms with van der Waals surface area (Å²) < 4.78 is 5.64. The molecule has 0 amide bonds. The highest BCUT2D eigenvalue weighted by Crippen LogP contribution is 2.26. The Morgan fingerprint density at radius 3 is 2.57 bits per heavy atom. The Hall–Kier alpha value is -1.87. The highest BCUT2D eigenvalue weighted by molar-refractivity contribution is 6.30. The number of nitrogens with two attached hydrogens (primary N) is 1. The number of anilines is 2. The molecule has 1 unspecified atom stereocenters. The Balaban J connectivity index is 2.10. The molecule has 0 aliphatic heterocycles. The van der Waals surface area contributed by atoms with E-state index in [9.17, 15) is 0 Å². The van der Waals surface area contributed by atoms with Crippen LogP contribution in [0.2, 0.25) is 5.02 Å². The van der Waals surface area contributed by atoms with E-state index in [1.165, 1.54) is 0 Å². The summed E-state index contributed by atoms with van der Waals surface area (Å²) >= 11 is 5.91. The fourth-order valence-electron chi connectivity index (χ4n) is 2.09. The SMILES string of the molecule is CCCOc1cc(N)cc(NC(C)c2ccc(Cl)cc2)c1. The van der Waals surface area contributed by atoms with E-state index in [0.717, 1.165) is 28.4 Å². The van der Waals surface area contributed by atoms with Crippen molar-refractivity contribution in [3.05, 3.63) is 53.1 Å². The summed E-state index contributed by atoms with van der Waals surface area (Å²) in [5, 5.41) is 4.17.